The van der Waals surface area contributed by atoms with Crippen LogP contribution in [0, 0.1) is 33.6 Å². The molecule has 1 aliphatic rings. The van der Waals surface area contributed by atoms with Crippen molar-refractivity contribution in [3.63, 3.8) is 0 Å². The van der Waals surface area contributed by atoms with Crippen LogP contribution in [-0.4, -0.2) is 41.9 Å². The molecule has 1 fully saturated rings. The Morgan fingerprint density at radius 1 is 1.19 bits per heavy atom. The molecule has 1 saturated heterocycles. The predicted octanol–water partition coefficient (Wildman–Crippen LogP) is 4.19. The maximum atomic E-state index is 13.7. The van der Waals surface area contributed by atoms with Crippen molar-refractivity contribution in [1.82, 2.24) is 19.8 Å². The maximum absolute atomic E-state index is 13.7. The predicted molar refractivity (Wildman–Crippen MR) is 138 cm³/mol. The molecule has 1 aliphatic heterocycles. The van der Waals surface area contributed by atoms with Crippen LogP contribution in [0.5, 0.6) is 0 Å². The van der Waals surface area contributed by atoms with Crippen LogP contribution < -0.4 is 5.32 Å². The van der Waals surface area contributed by atoms with Crippen molar-refractivity contribution in [1.29, 1.82) is 0 Å². The minimum Gasteiger partial charge on any atom is -0.355 e. The molecule has 0 aliphatic carbocycles. The van der Waals surface area contributed by atoms with E-state index in [0.29, 0.717) is 31.6 Å². The lowest BCUT2D eigenvalue weighted by atomic mass is 9.99. The van der Waals surface area contributed by atoms with Gasteiger partial charge in [0.15, 0.2) is 10.7 Å². The van der Waals surface area contributed by atoms with Gasteiger partial charge < -0.3 is 9.84 Å². The van der Waals surface area contributed by atoms with Crippen LogP contribution >= 0.6 is 0 Å². The van der Waals surface area contributed by atoms with Crippen LogP contribution in [0.4, 0.5) is 0 Å². The molecule has 1 aromatic carbocycles. The summed E-state index contributed by atoms with van der Waals surface area (Å²) < 4.78 is 34.2. The Morgan fingerprint density at radius 2 is 1.94 bits per heavy atom. The summed E-state index contributed by atoms with van der Waals surface area (Å²) >= 11 is 0. The number of piperidine rings is 1. The summed E-state index contributed by atoms with van der Waals surface area (Å²) in [6.07, 6.45) is 8.14. The highest BCUT2D eigenvalue weighted by atomic mass is 32.2. The number of rotatable bonds is 7. The first-order valence-electron chi connectivity index (χ1n) is 12.1. The zero-order chi connectivity index (χ0) is 25.9. The summed E-state index contributed by atoms with van der Waals surface area (Å²) in [7, 11) is -3.91. The molecule has 1 N–H and O–H groups in total. The van der Waals surface area contributed by atoms with E-state index in [1.165, 1.54) is 9.87 Å². The summed E-state index contributed by atoms with van der Waals surface area (Å²) in [6, 6.07) is 7.87. The Morgan fingerprint density at radius 3 is 2.64 bits per heavy atom. The second kappa shape index (κ2) is 10.8. The highest BCUT2D eigenvalue weighted by Crippen LogP contribution is 2.30. The Kier molecular flexibility index (Phi) is 7.70. The molecular formula is C27H32N4O4S. The number of aromatic nitrogens is 2. The van der Waals surface area contributed by atoms with Gasteiger partial charge in [0.2, 0.25) is 15.9 Å². The summed E-state index contributed by atoms with van der Waals surface area (Å²) in [5, 5.41) is 6.86. The van der Waals surface area contributed by atoms with Gasteiger partial charge in [0, 0.05) is 32.0 Å². The number of hydrogen-bond donors (Lipinski definition) is 1. The number of nitrogens with one attached hydrogen (secondary N) is 1. The van der Waals surface area contributed by atoms with Gasteiger partial charge in [0.1, 0.15) is 5.69 Å². The van der Waals surface area contributed by atoms with Crippen molar-refractivity contribution in [2.75, 3.05) is 13.1 Å². The molecule has 0 bridgehead atoms. The number of carbonyl (C=O) groups is 1. The molecule has 8 nitrogen and oxygen atoms in total. The van der Waals surface area contributed by atoms with Crippen molar-refractivity contribution >= 4 is 28.1 Å². The van der Waals surface area contributed by atoms with Gasteiger partial charge in [-0.05, 0) is 74.9 Å². The van der Waals surface area contributed by atoms with E-state index in [2.05, 4.69) is 27.6 Å². The lowest BCUT2D eigenvalue weighted by Gasteiger charge is -2.31. The third-order valence-corrected chi connectivity index (χ3v) is 8.54. The van der Waals surface area contributed by atoms with E-state index >= 15 is 0 Å². The Labute approximate surface area is 212 Å². The smallest absolute Gasteiger partial charge is 0.248 e. The van der Waals surface area contributed by atoms with E-state index < -0.39 is 15.9 Å². The van der Waals surface area contributed by atoms with E-state index in [1.54, 1.807) is 25.4 Å². The maximum Gasteiger partial charge on any atom is 0.248 e. The number of sulfonamides is 1. The second-order valence-corrected chi connectivity index (χ2v) is 11.3. The number of hydrogen-bond acceptors (Lipinski definition) is 6. The topological polar surface area (TPSA) is 105 Å². The number of carbonyl (C=O) groups excluding carboxylic acids is 1. The molecule has 0 saturated carbocycles. The third-order valence-electron chi connectivity index (χ3n) is 6.52. The fourth-order valence-corrected chi connectivity index (χ4v) is 6.53. The van der Waals surface area contributed by atoms with E-state index in [4.69, 9.17) is 4.52 Å². The quantitative estimate of drug-likeness (QED) is 0.513. The molecule has 36 heavy (non-hydrogen) atoms. The molecule has 2 aromatic heterocycles. The van der Waals surface area contributed by atoms with Gasteiger partial charge in [-0.15, -0.1) is 0 Å². The van der Waals surface area contributed by atoms with Crippen LogP contribution in [0.2, 0.25) is 0 Å². The van der Waals surface area contributed by atoms with Gasteiger partial charge in [-0.1, -0.05) is 35.0 Å². The highest BCUT2D eigenvalue weighted by Gasteiger charge is 2.36. The Hall–Kier alpha value is -3.30. The minimum atomic E-state index is -3.91. The molecule has 1 atom stereocenters. The molecule has 1 amide bonds. The van der Waals surface area contributed by atoms with Gasteiger partial charge in [0.05, 0.1) is 5.92 Å². The monoisotopic (exact) mass is 508 g/mol. The van der Waals surface area contributed by atoms with Crippen LogP contribution in [0.25, 0.3) is 12.2 Å². The first kappa shape index (κ1) is 25.8. The zero-order valence-electron chi connectivity index (χ0n) is 21.1. The highest BCUT2D eigenvalue weighted by molar-refractivity contribution is 7.89. The molecule has 3 aromatic rings. The molecule has 4 rings (SSSR count). The number of pyridine rings is 1. The Bertz CT molecular complexity index is 1360. The van der Waals surface area contributed by atoms with E-state index in [0.717, 1.165) is 22.3 Å². The van der Waals surface area contributed by atoms with Gasteiger partial charge in [-0.25, -0.2) is 8.42 Å². The SMILES string of the molecule is Cc1cc(C)c(/C=C/c2onc(C)c2S(=O)(=O)N2CCC[C@@H](C(=O)NCc3cccnc3)C2)c(C)c1. The van der Waals surface area contributed by atoms with Gasteiger partial charge in [0.25, 0.3) is 0 Å². The van der Waals surface area contributed by atoms with Crippen molar-refractivity contribution < 1.29 is 17.7 Å². The van der Waals surface area contributed by atoms with Crippen molar-refractivity contribution in [2.24, 2.45) is 5.92 Å². The van der Waals surface area contributed by atoms with Gasteiger partial charge in [-0.2, -0.15) is 4.31 Å². The third kappa shape index (κ3) is 5.57. The number of nitrogens with zero attached hydrogens (tertiary/aromatic N) is 3. The number of aryl methyl sites for hydroxylation is 4. The Balaban J connectivity index is 1.52. The van der Waals surface area contributed by atoms with Gasteiger partial charge in [-0.3, -0.25) is 9.78 Å². The molecule has 0 unspecified atom stereocenters. The zero-order valence-corrected chi connectivity index (χ0v) is 21.9. The normalized spacial score (nSPS) is 16.9. The fraction of sp³-hybridized carbons (Fsp3) is 0.370. The van der Waals surface area contributed by atoms with Crippen LogP contribution in [-0.2, 0) is 21.4 Å². The van der Waals surface area contributed by atoms with Crippen LogP contribution in [0.3, 0.4) is 0 Å². The molecule has 0 radical (unpaired) electrons. The van der Waals surface area contributed by atoms with Crippen molar-refractivity contribution in [2.45, 2.75) is 52.0 Å². The summed E-state index contributed by atoms with van der Waals surface area (Å²) in [5.74, 6) is -0.400. The molecule has 3 heterocycles. The van der Waals surface area contributed by atoms with Crippen molar-refractivity contribution in [3.8, 4) is 0 Å². The van der Waals surface area contributed by atoms with Crippen molar-refractivity contribution in [3.05, 3.63) is 75.9 Å². The lowest BCUT2D eigenvalue weighted by Crippen LogP contribution is -2.45. The lowest BCUT2D eigenvalue weighted by molar-refractivity contribution is -0.126. The number of amides is 1. The van der Waals surface area contributed by atoms with Crippen LogP contribution in [0.15, 0.2) is 46.1 Å². The number of benzene rings is 1. The average Bonchev–Trinajstić information content (AvgIpc) is 3.23. The largest absolute Gasteiger partial charge is 0.355 e. The van der Waals surface area contributed by atoms with E-state index in [-0.39, 0.29) is 23.1 Å². The summed E-state index contributed by atoms with van der Waals surface area (Å²) in [4.78, 5) is 16.9. The molecular weight excluding hydrogens is 476 g/mol. The molecule has 9 heteroatoms. The first-order valence-corrected chi connectivity index (χ1v) is 13.5. The molecule has 190 valence electrons. The summed E-state index contributed by atoms with van der Waals surface area (Å²) in [6.45, 7) is 8.53. The second-order valence-electron chi connectivity index (χ2n) is 9.39. The van der Waals surface area contributed by atoms with E-state index in [1.807, 2.05) is 39.0 Å². The average molecular weight is 509 g/mol. The van der Waals surface area contributed by atoms with E-state index in [9.17, 15) is 13.2 Å². The standard InChI is InChI=1S/C27H32N4O4S/c1-18-13-19(2)24(20(3)14-18)9-10-25-26(21(4)30-35-25)36(33,34)31-12-6-8-23(17-31)27(32)29-16-22-7-5-11-28-15-22/h5,7,9-11,13-15,23H,6,8,12,16-17H2,1-4H3,(H,29,32)/b10-9+/t23-/m1/s1. The summed E-state index contributed by atoms with van der Waals surface area (Å²) in [5.41, 5.74) is 5.57. The minimum absolute atomic E-state index is 0.0533. The fourth-order valence-electron chi connectivity index (χ4n) is 4.75. The van der Waals surface area contributed by atoms with Crippen LogP contribution in [0.1, 0.15) is 52.1 Å². The first-order chi connectivity index (χ1) is 17.2. The van der Waals surface area contributed by atoms with Gasteiger partial charge >= 0.3 is 0 Å². The molecule has 0 spiro atoms.